The van der Waals surface area contributed by atoms with Crippen LogP contribution in [0.4, 0.5) is 4.79 Å². The Morgan fingerprint density at radius 2 is 1.95 bits per heavy atom. The molecule has 0 atom stereocenters. The molecular weight excluding hydrogens is 356 g/mol. The van der Waals surface area contributed by atoms with Crippen LogP contribution in [0.2, 0.25) is 0 Å². The molecule has 3 N–H and O–H groups in total. The van der Waals surface area contributed by atoms with E-state index < -0.39 is 5.97 Å². The van der Waals surface area contributed by atoms with Gasteiger partial charge >= 0.3 is 12.0 Å². The van der Waals surface area contributed by atoms with Gasteiger partial charge in [-0.25, -0.2) is 4.79 Å². The first-order valence-electron chi connectivity index (χ1n) is 6.61. The topological polar surface area (TPSA) is 96.9 Å². The number of carboxylic acids is 1. The Bertz CT molecular complexity index is 536. The quantitative estimate of drug-likeness (QED) is 0.605. The maximum Gasteiger partial charge on any atom is 0.315 e. The number of hydrogen-bond acceptors (Lipinski definition) is 4. The van der Waals surface area contributed by atoms with E-state index in [0.29, 0.717) is 31.0 Å². The predicted molar refractivity (Wildman–Crippen MR) is 84.4 cm³/mol. The summed E-state index contributed by atoms with van der Waals surface area (Å²) in [6.45, 7) is 0.622. The molecule has 0 aliphatic heterocycles. The second-order valence-corrected chi connectivity index (χ2v) is 5.27. The lowest BCUT2D eigenvalue weighted by molar-refractivity contribution is -0.137. The fraction of sp³-hybridized carbons (Fsp3) is 0.429. The number of halogens is 1. The molecule has 0 aliphatic carbocycles. The van der Waals surface area contributed by atoms with Gasteiger partial charge < -0.3 is 25.2 Å². The molecule has 0 radical (unpaired) electrons. The summed E-state index contributed by atoms with van der Waals surface area (Å²) in [4.78, 5) is 21.9. The molecule has 1 aromatic rings. The minimum absolute atomic E-state index is 0.0307. The van der Waals surface area contributed by atoms with E-state index in [9.17, 15) is 9.59 Å². The zero-order valence-electron chi connectivity index (χ0n) is 12.4. The Kier molecular flexibility index (Phi) is 7.51. The van der Waals surface area contributed by atoms with Crippen molar-refractivity contribution in [2.75, 3.05) is 20.8 Å². The number of benzene rings is 1. The van der Waals surface area contributed by atoms with Crippen molar-refractivity contribution in [2.24, 2.45) is 0 Å². The summed E-state index contributed by atoms with van der Waals surface area (Å²) in [5.74, 6) is 0.275. The van der Waals surface area contributed by atoms with Crippen LogP contribution >= 0.6 is 15.9 Å². The molecule has 0 fully saturated rings. The number of aliphatic carboxylic acids is 1. The highest BCUT2D eigenvalue weighted by Gasteiger charge is 2.11. The van der Waals surface area contributed by atoms with Crippen LogP contribution in [-0.2, 0) is 11.3 Å². The third kappa shape index (κ3) is 5.80. The SMILES string of the molecule is COc1cc(CNC(=O)NCCCC(=O)O)cc(Br)c1OC. The van der Waals surface area contributed by atoms with Gasteiger partial charge in [-0.05, 0) is 40.0 Å². The van der Waals surface area contributed by atoms with Crippen LogP contribution < -0.4 is 20.1 Å². The smallest absolute Gasteiger partial charge is 0.315 e. The number of carbonyl (C=O) groups excluding carboxylic acids is 1. The van der Waals surface area contributed by atoms with Gasteiger partial charge in [-0.15, -0.1) is 0 Å². The molecule has 0 saturated carbocycles. The standard InChI is InChI=1S/C14H19BrN2O5/c1-21-11-7-9(6-10(15)13(11)22-2)8-17-14(20)16-5-3-4-12(18)19/h6-7H,3-5,8H2,1-2H3,(H,18,19)(H2,16,17,20). The van der Waals surface area contributed by atoms with Crippen molar-refractivity contribution in [2.45, 2.75) is 19.4 Å². The van der Waals surface area contributed by atoms with E-state index >= 15 is 0 Å². The van der Waals surface area contributed by atoms with Crippen LogP contribution in [0, 0.1) is 0 Å². The summed E-state index contributed by atoms with van der Waals surface area (Å²) < 4.78 is 11.2. The molecule has 0 saturated heterocycles. The second-order valence-electron chi connectivity index (χ2n) is 4.42. The number of hydrogen-bond donors (Lipinski definition) is 3. The molecule has 1 rings (SSSR count). The lowest BCUT2D eigenvalue weighted by Gasteiger charge is -2.13. The molecule has 0 heterocycles. The molecule has 2 amide bonds. The van der Waals surface area contributed by atoms with E-state index in [1.54, 1.807) is 13.2 Å². The Hall–Kier alpha value is -1.96. The van der Waals surface area contributed by atoms with Crippen LogP contribution in [0.15, 0.2) is 16.6 Å². The van der Waals surface area contributed by atoms with E-state index in [1.807, 2.05) is 6.07 Å². The van der Waals surface area contributed by atoms with Crippen LogP contribution in [0.3, 0.4) is 0 Å². The average Bonchev–Trinajstić information content (AvgIpc) is 2.48. The normalized spacial score (nSPS) is 9.95. The van der Waals surface area contributed by atoms with Crippen LogP contribution in [0.25, 0.3) is 0 Å². The van der Waals surface area contributed by atoms with E-state index in [-0.39, 0.29) is 12.5 Å². The Morgan fingerprint density at radius 1 is 1.23 bits per heavy atom. The summed E-state index contributed by atoms with van der Waals surface area (Å²) in [6.07, 6.45) is 0.424. The van der Waals surface area contributed by atoms with Gasteiger partial charge in [-0.2, -0.15) is 0 Å². The van der Waals surface area contributed by atoms with Gasteiger partial charge in [0, 0.05) is 19.5 Å². The lowest BCUT2D eigenvalue weighted by atomic mass is 10.2. The van der Waals surface area contributed by atoms with Gasteiger partial charge in [0.15, 0.2) is 11.5 Å². The molecule has 22 heavy (non-hydrogen) atoms. The van der Waals surface area contributed by atoms with Gasteiger partial charge in [0.1, 0.15) is 0 Å². The second kappa shape index (κ2) is 9.14. The molecule has 0 unspecified atom stereocenters. The summed E-state index contributed by atoms with van der Waals surface area (Å²) in [5, 5.41) is 13.8. The van der Waals surface area contributed by atoms with Crippen molar-refractivity contribution < 1.29 is 24.2 Å². The highest BCUT2D eigenvalue weighted by molar-refractivity contribution is 9.10. The van der Waals surface area contributed by atoms with Gasteiger partial charge in [0.25, 0.3) is 0 Å². The number of methoxy groups -OCH3 is 2. The molecule has 122 valence electrons. The molecule has 1 aromatic carbocycles. The van der Waals surface area contributed by atoms with E-state index in [4.69, 9.17) is 14.6 Å². The van der Waals surface area contributed by atoms with Gasteiger partial charge in [-0.1, -0.05) is 0 Å². The van der Waals surface area contributed by atoms with Crippen molar-refractivity contribution >= 4 is 27.9 Å². The molecule has 8 heteroatoms. The molecule has 0 bridgehead atoms. The first-order valence-corrected chi connectivity index (χ1v) is 7.41. The number of carboxylic acid groups (broad SMARTS) is 1. The van der Waals surface area contributed by atoms with Crippen LogP contribution in [0.1, 0.15) is 18.4 Å². The average molecular weight is 375 g/mol. The Labute approximate surface area is 137 Å². The number of amides is 2. The van der Waals surface area contributed by atoms with Gasteiger partial charge in [-0.3, -0.25) is 4.79 Å². The van der Waals surface area contributed by atoms with E-state index in [0.717, 1.165) is 10.0 Å². The molecule has 0 spiro atoms. The highest BCUT2D eigenvalue weighted by atomic mass is 79.9. The molecule has 7 nitrogen and oxygen atoms in total. The van der Waals surface area contributed by atoms with E-state index in [1.165, 1.54) is 7.11 Å². The largest absolute Gasteiger partial charge is 0.493 e. The number of nitrogens with one attached hydrogen (secondary N) is 2. The number of rotatable bonds is 8. The zero-order chi connectivity index (χ0) is 16.5. The maximum absolute atomic E-state index is 11.6. The van der Waals surface area contributed by atoms with Crippen LogP contribution in [0.5, 0.6) is 11.5 Å². The highest BCUT2D eigenvalue weighted by Crippen LogP contribution is 2.36. The Morgan fingerprint density at radius 3 is 2.55 bits per heavy atom. The maximum atomic E-state index is 11.6. The minimum Gasteiger partial charge on any atom is -0.493 e. The number of ether oxygens (including phenoxy) is 2. The van der Waals surface area contributed by atoms with Gasteiger partial charge in [0.05, 0.1) is 18.7 Å². The van der Waals surface area contributed by atoms with Gasteiger partial charge in [0.2, 0.25) is 0 Å². The van der Waals surface area contributed by atoms with Crippen molar-refractivity contribution in [3.8, 4) is 11.5 Å². The fourth-order valence-electron chi connectivity index (χ4n) is 1.76. The first-order chi connectivity index (χ1) is 10.5. The monoisotopic (exact) mass is 374 g/mol. The van der Waals surface area contributed by atoms with Crippen molar-refractivity contribution in [1.29, 1.82) is 0 Å². The third-order valence-corrected chi connectivity index (χ3v) is 3.39. The third-order valence-electron chi connectivity index (χ3n) is 2.80. The first kappa shape index (κ1) is 18.1. The summed E-state index contributed by atoms with van der Waals surface area (Å²) >= 11 is 3.38. The molecule has 0 aromatic heterocycles. The molecular formula is C14H19BrN2O5. The zero-order valence-corrected chi connectivity index (χ0v) is 14.0. The summed E-state index contributed by atoms with van der Waals surface area (Å²) in [7, 11) is 3.09. The van der Waals surface area contributed by atoms with Crippen molar-refractivity contribution in [3.63, 3.8) is 0 Å². The summed E-state index contributed by atoms with van der Waals surface area (Å²) in [5.41, 5.74) is 0.838. The Balaban J connectivity index is 2.49. The molecule has 0 aliphatic rings. The number of carbonyl (C=O) groups is 2. The van der Waals surface area contributed by atoms with E-state index in [2.05, 4.69) is 26.6 Å². The predicted octanol–water partition coefficient (Wildman–Crippen LogP) is 2.13. The fourth-order valence-corrected chi connectivity index (χ4v) is 2.41. The van der Waals surface area contributed by atoms with Crippen molar-refractivity contribution in [1.82, 2.24) is 10.6 Å². The lowest BCUT2D eigenvalue weighted by Crippen LogP contribution is -2.35. The minimum atomic E-state index is -0.877. The van der Waals surface area contributed by atoms with Crippen molar-refractivity contribution in [3.05, 3.63) is 22.2 Å². The number of urea groups is 1. The summed E-state index contributed by atoms with van der Waals surface area (Å²) in [6, 6.07) is 3.25. The van der Waals surface area contributed by atoms with Crippen LogP contribution in [-0.4, -0.2) is 37.9 Å².